The number of carbonyl (C=O) groups excluding carboxylic acids is 2. The summed E-state index contributed by atoms with van der Waals surface area (Å²) in [6.45, 7) is 3.62. The summed E-state index contributed by atoms with van der Waals surface area (Å²) in [5, 5.41) is 2.90. The number of aromatic nitrogens is 1. The van der Waals surface area contributed by atoms with Gasteiger partial charge in [0.25, 0.3) is 0 Å². The second-order valence-corrected chi connectivity index (χ2v) is 9.89. The Balaban J connectivity index is 1.43. The highest BCUT2D eigenvalue weighted by atomic mass is 32.1. The quantitative estimate of drug-likeness (QED) is 0.484. The van der Waals surface area contributed by atoms with Crippen LogP contribution in [-0.4, -0.2) is 52.8 Å². The third-order valence-electron chi connectivity index (χ3n) is 6.17. The van der Waals surface area contributed by atoms with Crippen LogP contribution in [0.2, 0.25) is 0 Å². The fraction of sp³-hybridized carbons (Fsp3) is 0.370. The predicted octanol–water partition coefficient (Wildman–Crippen LogP) is 4.34. The van der Waals surface area contributed by atoms with E-state index in [9.17, 15) is 9.59 Å². The molecule has 0 bridgehead atoms. The Labute approximate surface area is 205 Å². The molecule has 0 unspecified atom stereocenters. The summed E-state index contributed by atoms with van der Waals surface area (Å²) >= 11 is 1.56. The minimum absolute atomic E-state index is 0.0542. The molecule has 6 nitrogen and oxygen atoms in total. The zero-order chi connectivity index (χ0) is 23.9. The summed E-state index contributed by atoms with van der Waals surface area (Å²) in [5.74, 6) is 0.819. The lowest BCUT2D eigenvalue weighted by Crippen LogP contribution is -2.49. The molecule has 1 aliphatic heterocycles. The molecule has 0 radical (unpaired) electrons. The van der Waals surface area contributed by atoms with Crippen molar-refractivity contribution in [1.29, 1.82) is 0 Å². The molecule has 1 aromatic heterocycles. The molecule has 4 rings (SSSR count). The summed E-state index contributed by atoms with van der Waals surface area (Å²) in [6.07, 6.45) is 1.20. The zero-order valence-corrected chi connectivity index (χ0v) is 20.5. The molecule has 2 heterocycles. The van der Waals surface area contributed by atoms with Crippen molar-refractivity contribution in [2.24, 2.45) is 5.92 Å². The SMILES string of the molecule is Cc1nc(CC(=O)N2CC[C@H](Oc3ccccc3)[C@@H](CC(=O)N(C)Cc3ccccc3)C2)cs1. The summed E-state index contributed by atoms with van der Waals surface area (Å²) < 4.78 is 6.30. The Morgan fingerprint density at radius 3 is 2.50 bits per heavy atom. The van der Waals surface area contributed by atoms with E-state index in [1.807, 2.05) is 84.9 Å². The van der Waals surface area contributed by atoms with Crippen LogP contribution in [-0.2, 0) is 22.6 Å². The zero-order valence-electron chi connectivity index (χ0n) is 19.7. The number of likely N-dealkylation sites (tertiary alicyclic amines) is 1. The van der Waals surface area contributed by atoms with E-state index in [-0.39, 0.29) is 23.8 Å². The molecule has 2 atom stereocenters. The fourth-order valence-electron chi connectivity index (χ4n) is 4.34. The van der Waals surface area contributed by atoms with Crippen LogP contribution >= 0.6 is 11.3 Å². The van der Waals surface area contributed by atoms with Gasteiger partial charge < -0.3 is 14.5 Å². The molecule has 0 N–H and O–H groups in total. The van der Waals surface area contributed by atoms with Crippen molar-refractivity contribution in [1.82, 2.24) is 14.8 Å². The molecule has 3 aromatic rings. The number of aryl methyl sites for hydroxylation is 1. The van der Waals surface area contributed by atoms with Crippen LogP contribution in [0.15, 0.2) is 66.0 Å². The molecule has 0 saturated carbocycles. The lowest BCUT2D eigenvalue weighted by atomic mass is 9.90. The summed E-state index contributed by atoms with van der Waals surface area (Å²) in [7, 11) is 1.83. The number of rotatable bonds is 8. The molecule has 0 spiro atoms. The van der Waals surface area contributed by atoms with Gasteiger partial charge in [-0.1, -0.05) is 48.5 Å². The molecule has 2 amide bonds. The van der Waals surface area contributed by atoms with E-state index in [1.165, 1.54) is 0 Å². The summed E-state index contributed by atoms with van der Waals surface area (Å²) in [5.41, 5.74) is 1.90. The van der Waals surface area contributed by atoms with Crippen LogP contribution in [0, 0.1) is 12.8 Å². The maximum atomic E-state index is 13.1. The van der Waals surface area contributed by atoms with Crippen LogP contribution in [0.25, 0.3) is 0 Å². The maximum Gasteiger partial charge on any atom is 0.228 e. The first kappa shape index (κ1) is 24.0. The van der Waals surface area contributed by atoms with E-state index in [2.05, 4.69) is 4.98 Å². The highest BCUT2D eigenvalue weighted by Gasteiger charge is 2.35. The Hall–Kier alpha value is -3.19. The molecule has 0 aliphatic carbocycles. The minimum Gasteiger partial charge on any atom is -0.490 e. The first-order valence-electron chi connectivity index (χ1n) is 11.7. The minimum atomic E-state index is -0.123. The normalized spacial score (nSPS) is 17.9. The van der Waals surface area contributed by atoms with Gasteiger partial charge in [-0.15, -0.1) is 11.3 Å². The second kappa shape index (κ2) is 11.3. The largest absolute Gasteiger partial charge is 0.490 e. The van der Waals surface area contributed by atoms with E-state index in [0.717, 1.165) is 22.0 Å². The Morgan fingerprint density at radius 2 is 1.82 bits per heavy atom. The van der Waals surface area contributed by atoms with Gasteiger partial charge in [-0.05, 0) is 24.6 Å². The summed E-state index contributed by atoms with van der Waals surface area (Å²) in [4.78, 5) is 34.2. The molecule has 2 aromatic carbocycles. The first-order valence-corrected chi connectivity index (χ1v) is 12.5. The molecule has 1 aliphatic rings. The van der Waals surface area contributed by atoms with Gasteiger partial charge in [0, 0.05) is 50.8 Å². The van der Waals surface area contributed by atoms with Gasteiger partial charge in [-0.25, -0.2) is 4.98 Å². The fourth-order valence-corrected chi connectivity index (χ4v) is 4.96. The van der Waals surface area contributed by atoms with Crippen LogP contribution in [0.3, 0.4) is 0 Å². The average Bonchev–Trinajstić information content (AvgIpc) is 3.25. The van der Waals surface area contributed by atoms with Crippen molar-refractivity contribution in [2.75, 3.05) is 20.1 Å². The number of benzene rings is 2. The number of hydrogen-bond acceptors (Lipinski definition) is 5. The van der Waals surface area contributed by atoms with E-state index in [1.54, 1.807) is 16.2 Å². The predicted molar refractivity (Wildman–Crippen MR) is 134 cm³/mol. The first-order chi connectivity index (χ1) is 16.5. The van der Waals surface area contributed by atoms with Gasteiger partial charge >= 0.3 is 0 Å². The second-order valence-electron chi connectivity index (χ2n) is 8.83. The molecular weight excluding hydrogens is 446 g/mol. The van der Waals surface area contributed by atoms with Crippen LogP contribution < -0.4 is 4.74 Å². The van der Waals surface area contributed by atoms with E-state index >= 15 is 0 Å². The number of carbonyl (C=O) groups is 2. The van der Waals surface area contributed by atoms with E-state index in [4.69, 9.17) is 4.74 Å². The van der Waals surface area contributed by atoms with Crippen molar-refractivity contribution in [3.05, 3.63) is 82.3 Å². The summed E-state index contributed by atoms with van der Waals surface area (Å²) in [6, 6.07) is 19.7. The third-order valence-corrected chi connectivity index (χ3v) is 6.99. The van der Waals surface area contributed by atoms with Gasteiger partial charge in [0.15, 0.2) is 0 Å². The number of ether oxygens (including phenoxy) is 1. The maximum absolute atomic E-state index is 13.1. The Kier molecular flexibility index (Phi) is 7.95. The highest BCUT2D eigenvalue weighted by molar-refractivity contribution is 7.09. The van der Waals surface area contributed by atoms with Crippen LogP contribution in [0.1, 0.15) is 29.1 Å². The van der Waals surface area contributed by atoms with Crippen molar-refractivity contribution in [3.8, 4) is 5.75 Å². The Bertz CT molecular complexity index is 1090. The van der Waals surface area contributed by atoms with Crippen molar-refractivity contribution in [3.63, 3.8) is 0 Å². The molecule has 1 fully saturated rings. The lowest BCUT2D eigenvalue weighted by Gasteiger charge is -2.39. The molecule has 7 heteroatoms. The van der Waals surface area contributed by atoms with E-state index < -0.39 is 0 Å². The monoisotopic (exact) mass is 477 g/mol. The third kappa shape index (κ3) is 6.44. The van der Waals surface area contributed by atoms with Crippen LogP contribution in [0.5, 0.6) is 5.75 Å². The number of nitrogens with zero attached hydrogens (tertiary/aromatic N) is 3. The van der Waals surface area contributed by atoms with Crippen molar-refractivity contribution in [2.45, 2.75) is 38.8 Å². The van der Waals surface area contributed by atoms with Gasteiger partial charge in [0.05, 0.1) is 17.1 Å². The van der Waals surface area contributed by atoms with Gasteiger partial charge in [0.2, 0.25) is 11.8 Å². The van der Waals surface area contributed by atoms with Crippen molar-refractivity contribution < 1.29 is 14.3 Å². The Morgan fingerprint density at radius 1 is 1.12 bits per heavy atom. The van der Waals surface area contributed by atoms with E-state index in [0.29, 0.717) is 38.9 Å². The topological polar surface area (TPSA) is 62.7 Å². The molecule has 1 saturated heterocycles. The standard InChI is InChI=1S/C27H31N3O3S/c1-20-28-23(19-34-20)16-27(32)30-14-13-25(33-24-11-7-4-8-12-24)22(18-30)15-26(31)29(2)17-21-9-5-3-6-10-21/h3-12,19,22,25H,13-18H2,1-2H3/t22-,25-/m0/s1. The average molecular weight is 478 g/mol. The smallest absolute Gasteiger partial charge is 0.228 e. The molecular formula is C27H31N3O3S. The number of piperidine rings is 1. The number of para-hydroxylation sites is 1. The number of amides is 2. The number of hydrogen-bond donors (Lipinski definition) is 0. The number of thiazole rings is 1. The van der Waals surface area contributed by atoms with Gasteiger partial charge in [-0.3, -0.25) is 9.59 Å². The van der Waals surface area contributed by atoms with Gasteiger partial charge in [0.1, 0.15) is 11.9 Å². The molecule has 34 heavy (non-hydrogen) atoms. The highest BCUT2D eigenvalue weighted by Crippen LogP contribution is 2.27. The lowest BCUT2D eigenvalue weighted by molar-refractivity contribution is -0.138. The van der Waals surface area contributed by atoms with Gasteiger partial charge in [-0.2, -0.15) is 0 Å². The molecule has 178 valence electrons. The van der Waals surface area contributed by atoms with Crippen molar-refractivity contribution >= 4 is 23.2 Å². The van der Waals surface area contributed by atoms with Crippen LogP contribution in [0.4, 0.5) is 0 Å².